The van der Waals surface area contributed by atoms with Crippen molar-refractivity contribution < 1.29 is 97.8 Å². The lowest BCUT2D eigenvalue weighted by molar-refractivity contribution is -0.891. The summed E-state index contributed by atoms with van der Waals surface area (Å²) in [5.74, 6) is -51.8. The first-order valence-electron chi connectivity index (χ1n) is 10.5. The smallest absolute Gasteiger partial charge is 0.394 e. The number of halogens is 17. The van der Waals surface area contributed by atoms with Gasteiger partial charge in [0.2, 0.25) is 0 Å². The average Bonchev–Trinajstić information content (AvgIpc) is 2.78. The summed E-state index contributed by atoms with van der Waals surface area (Å²) in [6.07, 6.45) is -9.83. The molecule has 0 aliphatic rings. The van der Waals surface area contributed by atoms with Gasteiger partial charge in [-0.15, -0.1) is 0 Å². The fraction of sp³-hybridized carbons (Fsp3) is 1.00. The van der Waals surface area contributed by atoms with Gasteiger partial charge >= 0.3 is 47.0 Å². The molecule has 0 spiro atoms. The Bertz CT molecular complexity index is 999. The topological polar surface area (TPSA) is 86.6 Å². The van der Waals surface area contributed by atoms with Gasteiger partial charge < -0.3 is 14.7 Å². The molecule has 248 valence electrons. The van der Waals surface area contributed by atoms with Crippen LogP contribution in [0, 0.1) is 0 Å². The quantitative estimate of drug-likeness (QED) is 0.131. The molecule has 0 bridgehead atoms. The Hall–Kier alpha value is -1.40. The summed E-state index contributed by atoms with van der Waals surface area (Å²) < 4.78 is 249. The van der Waals surface area contributed by atoms with E-state index in [2.05, 4.69) is 0 Å². The van der Waals surface area contributed by atoms with Gasteiger partial charge in [-0.25, -0.2) is 13.1 Å². The molecule has 0 heterocycles. The molecule has 24 heteroatoms. The van der Waals surface area contributed by atoms with E-state index < -0.39 is 82.7 Å². The molecule has 41 heavy (non-hydrogen) atoms. The van der Waals surface area contributed by atoms with Crippen LogP contribution in [0.2, 0.25) is 0 Å². The van der Waals surface area contributed by atoms with Crippen molar-refractivity contribution in [2.24, 2.45) is 0 Å². The van der Waals surface area contributed by atoms with Crippen molar-refractivity contribution in [2.45, 2.75) is 65.9 Å². The van der Waals surface area contributed by atoms with E-state index in [-0.39, 0.29) is 24.0 Å². The van der Waals surface area contributed by atoms with Crippen LogP contribution in [0.1, 0.15) is 12.8 Å². The Labute approximate surface area is 219 Å². The highest BCUT2D eigenvalue weighted by Gasteiger charge is 2.96. The Kier molecular flexibility index (Phi) is 11.2. The van der Waals surface area contributed by atoms with Crippen molar-refractivity contribution in [1.29, 1.82) is 0 Å². The van der Waals surface area contributed by atoms with Gasteiger partial charge in [-0.1, -0.05) is 0 Å². The van der Waals surface area contributed by atoms with Gasteiger partial charge in [-0.05, 0) is 0 Å². The first kappa shape index (κ1) is 39.6. The van der Waals surface area contributed by atoms with E-state index in [9.17, 15) is 88.2 Å². The van der Waals surface area contributed by atoms with Gasteiger partial charge in [0.15, 0.2) is 0 Å². The molecule has 0 radical (unpaired) electrons. The molecule has 6 nitrogen and oxygen atoms in total. The van der Waals surface area contributed by atoms with Crippen LogP contribution in [0.25, 0.3) is 0 Å². The van der Waals surface area contributed by atoms with Crippen molar-refractivity contribution in [3.8, 4) is 0 Å². The van der Waals surface area contributed by atoms with Crippen molar-refractivity contribution >= 4 is 10.0 Å². The second-order valence-corrected chi connectivity index (χ2v) is 11.0. The number of hydrogen-bond donors (Lipinski definition) is 3. The van der Waals surface area contributed by atoms with Gasteiger partial charge in [0.25, 0.3) is 10.0 Å². The highest BCUT2D eigenvalue weighted by molar-refractivity contribution is 7.90. The predicted molar refractivity (Wildman–Crippen MR) is 102 cm³/mol. The molecule has 0 aromatic heterocycles. The summed E-state index contributed by atoms with van der Waals surface area (Å²) in [5.41, 5.74) is 0. The fourth-order valence-electron chi connectivity index (χ4n) is 2.82. The summed E-state index contributed by atoms with van der Waals surface area (Å²) in [7, 11) is -4.60. The largest absolute Gasteiger partial charge is 0.460 e. The van der Waals surface area contributed by atoms with E-state index in [1.54, 1.807) is 0 Å². The number of nitrogens with zero attached hydrogens (tertiary/aromatic N) is 1. The Morgan fingerprint density at radius 1 is 0.659 bits per heavy atom. The molecule has 3 N–H and O–H groups in total. The zero-order valence-electron chi connectivity index (χ0n) is 20.3. The van der Waals surface area contributed by atoms with Crippen molar-refractivity contribution in [1.82, 2.24) is 4.72 Å². The number of rotatable bonds is 16. The van der Waals surface area contributed by atoms with Gasteiger partial charge in [0.05, 0.1) is 39.9 Å². The fourth-order valence-corrected chi connectivity index (χ4v) is 3.88. The van der Waals surface area contributed by atoms with E-state index in [0.29, 0.717) is 4.72 Å². The van der Waals surface area contributed by atoms with E-state index >= 15 is 0 Å². The molecule has 0 amide bonds. The van der Waals surface area contributed by atoms with Crippen LogP contribution < -0.4 is 4.72 Å². The zero-order valence-corrected chi connectivity index (χ0v) is 21.1. The number of aliphatic hydroxyl groups is 2. The minimum atomic E-state index is -8.87. The Morgan fingerprint density at radius 2 is 1.02 bits per heavy atom. The monoisotopic (exact) mass is 673 g/mol. The average molecular weight is 673 g/mol. The van der Waals surface area contributed by atoms with Crippen LogP contribution in [0.5, 0.6) is 0 Å². The number of quaternary nitrogens is 1. The standard InChI is InChI=1S/C17H22F17N2O4S/c1-36(2,7-4-9(38)8-37)6-3-5-35-41(39,40)17(33,34)15(28,29)13(24,25)11(20,21)10(18,19)12(22,23)14(26,27)16(30,31)32/h9,35,37-38H,3-8H2,1-2H3/q+1. The molecule has 0 aromatic carbocycles. The second-order valence-electron chi connectivity index (χ2n) is 9.22. The highest BCUT2D eigenvalue weighted by Crippen LogP contribution is 2.64. The van der Waals surface area contributed by atoms with E-state index in [1.807, 2.05) is 0 Å². The summed E-state index contributed by atoms with van der Waals surface area (Å²) in [5, 5.41) is 10.4. The maximum atomic E-state index is 14.0. The van der Waals surface area contributed by atoms with Crippen molar-refractivity contribution in [2.75, 3.05) is 40.3 Å². The van der Waals surface area contributed by atoms with Crippen LogP contribution in [-0.4, -0.2) is 117 Å². The molecular weight excluding hydrogens is 651 g/mol. The number of hydrogen-bond acceptors (Lipinski definition) is 4. The van der Waals surface area contributed by atoms with Crippen LogP contribution in [0.15, 0.2) is 0 Å². The van der Waals surface area contributed by atoms with Crippen LogP contribution >= 0.6 is 0 Å². The summed E-state index contributed by atoms with van der Waals surface area (Å²) in [6.45, 7) is -2.31. The minimum absolute atomic E-state index is 0.0102. The third-order valence-corrected chi connectivity index (χ3v) is 7.06. The molecule has 0 saturated carbocycles. The second kappa shape index (κ2) is 11.6. The molecule has 1 unspecified atom stereocenters. The Morgan fingerprint density at radius 3 is 1.39 bits per heavy atom. The van der Waals surface area contributed by atoms with E-state index in [1.165, 1.54) is 14.1 Å². The Balaban J connectivity index is 6.19. The third-order valence-electron chi connectivity index (χ3n) is 5.54. The van der Waals surface area contributed by atoms with Crippen LogP contribution in [0.3, 0.4) is 0 Å². The molecule has 0 aromatic rings. The molecule has 0 aliphatic heterocycles. The normalized spacial score (nSPS) is 16.7. The first-order chi connectivity index (χ1) is 17.7. The van der Waals surface area contributed by atoms with E-state index in [4.69, 9.17) is 5.11 Å². The van der Waals surface area contributed by atoms with E-state index in [0.717, 1.165) is 0 Å². The number of aliphatic hydroxyl groups excluding tert-OH is 2. The summed E-state index contributed by atoms with van der Waals surface area (Å²) in [4.78, 5) is 0. The number of alkyl halides is 17. The molecule has 0 saturated heterocycles. The first-order valence-corrected chi connectivity index (χ1v) is 12.0. The predicted octanol–water partition coefficient (Wildman–Crippen LogP) is 4.08. The van der Waals surface area contributed by atoms with Gasteiger partial charge in [0.1, 0.15) is 0 Å². The summed E-state index contributed by atoms with van der Waals surface area (Å²) >= 11 is 0. The molecular formula is C17H22F17N2O4S+. The molecule has 0 fully saturated rings. The molecule has 1 atom stereocenters. The van der Waals surface area contributed by atoms with Gasteiger partial charge in [-0.2, -0.15) is 74.6 Å². The van der Waals surface area contributed by atoms with Crippen molar-refractivity contribution in [3.63, 3.8) is 0 Å². The van der Waals surface area contributed by atoms with Crippen LogP contribution in [0.4, 0.5) is 74.6 Å². The lowest BCUT2D eigenvalue weighted by Crippen LogP contribution is -2.75. The zero-order chi connectivity index (χ0) is 33.5. The number of nitrogens with one attached hydrogen (secondary N) is 1. The van der Waals surface area contributed by atoms with Gasteiger partial charge in [0, 0.05) is 19.4 Å². The lowest BCUT2D eigenvalue weighted by atomic mass is 9.91. The summed E-state index contributed by atoms with van der Waals surface area (Å²) in [6, 6.07) is 0. The maximum Gasteiger partial charge on any atom is 0.460 e. The molecule has 0 rings (SSSR count). The number of sulfonamides is 1. The van der Waals surface area contributed by atoms with Gasteiger partial charge in [-0.3, -0.25) is 0 Å². The SMILES string of the molecule is C[N+](C)(CCCNS(=O)(=O)C(F)(F)C(F)(F)C(F)(F)C(F)(F)C(F)(F)C(F)(F)C(F)(F)C(F)(F)F)CCC(O)CO. The molecule has 0 aliphatic carbocycles. The van der Waals surface area contributed by atoms with Crippen LogP contribution in [-0.2, 0) is 10.0 Å². The van der Waals surface area contributed by atoms with Crippen molar-refractivity contribution in [3.05, 3.63) is 0 Å². The maximum absolute atomic E-state index is 14.0. The minimum Gasteiger partial charge on any atom is -0.394 e. The third kappa shape index (κ3) is 6.74. The lowest BCUT2D eigenvalue weighted by Gasteiger charge is -2.42. The highest BCUT2D eigenvalue weighted by atomic mass is 32.2.